The third-order valence-electron chi connectivity index (χ3n) is 6.77. The van der Waals surface area contributed by atoms with Crippen LogP contribution >= 0.6 is 30.8 Å². The molecule has 1 aliphatic rings. The van der Waals surface area contributed by atoms with Crippen molar-refractivity contribution >= 4 is 47.5 Å². The molecule has 0 spiro atoms. The molecule has 9 nitrogen and oxygen atoms in total. The normalized spacial score (nSPS) is 15.9. The molecule has 1 aromatic carbocycles. The summed E-state index contributed by atoms with van der Waals surface area (Å²) in [6.07, 6.45) is 4.89. The molecule has 0 aliphatic carbocycles. The fraction of sp³-hybridized carbons (Fsp3) is 0.346. The third kappa shape index (κ3) is 5.26. The second kappa shape index (κ2) is 10.5. The van der Waals surface area contributed by atoms with Crippen molar-refractivity contribution in [3.05, 3.63) is 64.5 Å². The number of hydrogen-bond donors (Lipinski definition) is 1. The lowest BCUT2D eigenvalue weighted by Gasteiger charge is -2.49. The van der Waals surface area contributed by atoms with E-state index >= 15 is 0 Å². The molecule has 4 heterocycles. The Morgan fingerprint density at radius 3 is 2.45 bits per heavy atom. The highest BCUT2D eigenvalue weighted by Crippen LogP contribution is 2.53. The fourth-order valence-corrected chi connectivity index (χ4v) is 7.10. The standard InChI is InChI=1S/C26H28Cl2N5O4P/c1-16(24-20(27)11-29-12-21(24)28)37-18-6-7-22-19(9-18)25(32-31-22)17-5-8-23(30-10-17)33-13-26(2,14-33)15-38(34,35-3)36-4/h5-12,16H,13-15H2,1-4H3,(H,31,32)/t16-/m1/s1. The van der Waals surface area contributed by atoms with Crippen LogP contribution < -0.4 is 9.64 Å². The number of nitrogens with one attached hydrogen (secondary N) is 1. The molecule has 1 N–H and O–H groups in total. The van der Waals surface area contributed by atoms with Gasteiger partial charge < -0.3 is 18.7 Å². The lowest BCUT2D eigenvalue weighted by molar-refractivity contribution is 0.225. The average molecular weight is 576 g/mol. The number of benzene rings is 1. The van der Waals surface area contributed by atoms with E-state index in [1.807, 2.05) is 43.5 Å². The van der Waals surface area contributed by atoms with Gasteiger partial charge in [0.15, 0.2) is 0 Å². The van der Waals surface area contributed by atoms with Gasteiger partial charge >= 0.3 is 7.60 Å². The van der Waals surface area contributed by atoms with Gasteiger partial charge in [0.2, 0.25) is 0 Å². The molecule has 1 saturated heterocycles. The second-order valence-corrected chi connectivity index (χ2v) is 12.8. The van der Waals surface area contributed by atoms with Gasteiger partial charge in [-0.3, -0.25) is 14.6 Å². The minimum absolute atomic E-state index is 0.168. The van der Waals surface area contributed by atoms with Crippen LogP contribution in [-0.2, 0) is 13.6 Å². The van der Waals surface area contributed by atoms with Gasteiger partial charge in [-0.15, -0.1) is 0 Å². The minimum Gasteiger partial charge on any atom is -0.486 e. The molecule has 1 aliphatic heterocycles. The van der Waals surface area contributed by atoms with E-state index in [-0.39, 0.29) is 11.5 Å². The zero-order valence-corrected chi connectivity index (χ0v) is 23.8. The van der Waals surface area contributed by atoms with Crippen molar-refractivity contribution in [1.29, 1.82) is 0 Å². The van der Waals surface area contributed by atoms with Crippen LogP contribution in [0.25, 0.3) is 22.2 Å². The summed E-state index contributed by atoms with van der Waals surface area (Å²) in [5.74, 6) is 1.50. The molecule has 0 bridgehead atoms. The molecule has 4 aromatic rings. The first-order valence-electron chi connectivity index (χ1n) is 12.0. The number of aromatic amines is 1. The molecule has 12 heteroatoms. The molecule has 0 radical (unpaired) electrons. The number of halogens is 2. The number of hydrogen-bond acceptors (Lipinski definition) is 8. The number of pyridine rings is 2. The number of ether oxygens (including phenoxy) is 1. The van der Waals surface area contributed by atoms with E-state index in [4.69, 9.17) is 37.0 Å². The second-order valence-electron chi connectivity index (χ2n) is 9.76. The number of nitrogens with zero attached hydrogens (tertiary/aromatic N) is 4. The Bertz CT molecular complexity index is 1480. The maximum Gasteiger partial charge on any atom is 0.330 e. The Balaban J connectivity index is 1.32. The molecule has 1 atom stereocenters. The molecule has 0 amide bonds. The van der Waals surface area contributed by atoms with Crippen molar-refractivity contribution in [3.63, 3.8) is 0 Å². The molecule has 1 fully saturated rings. The number of anilines is 1. The quantitative estimate of drug-likeness (QED) is 0.218. The van der Waals surface area contributed by atoms with Gasteiger partial charge in [-0.1, -0.05) is 30.1 Å². The van der Waals surface area contributed by atoms with Gasteiger partial charge in [0.25, 0.3) is 0 Å². The smallest absolute Gasteiger partial charge is 0.330 e. The highest BCUT2D eigenvalue weighted by Gasteiger charge is 2.45. The lowest BCUT2D eigenvalue weighted by atomic mass is 9.84. The summed E-state index contributed by atoms with van der Waals surface area (Å²) in [5.41, 5.74) is 3.04. The number of aromatic nitrogens is 4. The third-order valence-corrected chi connectivity index (χ3v) is 9.63. The maximum absolute atomic E-state index is 12.6. The SMILES string of the molecule is COP(=O)(CC1(C)CN(c2ccc(-c3n[nH]c4ccc(O[C@H](C)c5c(Cl)cncc5Cl)cc34)cn2)C1)OC. The van der Waals surface area contributed by atoms with Crippen LogP contribution in [0.3, 0.4) is 0 Å². The molecule has 5 rings (SSSR count). The highest BCUT2D eigenvalue weighted by molar-refractivity contribution is 7.53. The molecule has 0 saturated carbocycles. The van der Waals surface area contributed by atoms with E-state index in [9.17, 15) is 4.57 Å². The Morgan fingerprint density at radius 2 is 1.82 bits per heavy atom. The van der Waals surface area contributed by atoms with E-state index in [2.05, 4.69) is 32.0 Å². The highest BCUT2D eigenvalue weighted by atomic mass is 35.5. The zero-order valence-electron chi connectivity index (χ0n) is 21.4. The largest absolute Gasteiger partial charge is 0.486 e. The van der Waals surface area contributed by atoms with E-state index in [1.54, 1.807) is 12.4 Å². The van der Waals surface area contributed by atoms with Gasteiger partial charge in [-0.05, 0) is 37.3 Å². The van der Waals surface area contributed by atoms with Crippen LogP contribution in [0.1, 0.15) is 25.5 Å². The maximum atomic E-state index is 12.6. The van der Waals surface area contributed by atoms with Gasteiger partial charge in [0.05, 0.1) is 21.7 Å². The number of fused-ring (bicyclic) bond motifs is 1. The van der Waals surface area contributed by atoms with Crippen LogP contribution in [0.15, 0.2) is 48.9 Å². The summed E-state index contributed by atoms with van der Waals surface area (Å²) in [6, 6.07) is 9.70. The predicted octanol–water partition coefficient (Wildman–Crippen LogP) is 6.78. The first kappa shape index (κ1) is 26.9. The molecular weight excluding hydrogens is 548 g/mol. The van der Waals surface area contributed by atoms with Crippen molar-refractivity contribution in [1.82, 2.24) is 20.2 Å². The Kier molecular flexibility index (Phi) is 7.42. The summed E-state index contributed by atoms with van der Waals surface area (Å²) in [5, 5.41) is 9.41. The first-order chi connectivity index (χ1) is 18.1. The van der Waals surface area contributed by atoms with Crippen LogP contribution in [-0.4, -0.2) is 53.6 Å². The van der Waals surface area contributed by atoms with E-state index in [1.165, 1.54) is 14.2 Å². The predicted molar refractivity (Wildman–Crippen MR) is 149 cm³/mol. The summed E-state index contributed by atoms with van der Waals surface area (Å²) >= 11 is 12.6. The molecule has 3 aromatic heterocycles. The summed E-state index contributed by atoms with van der Waals surface area (Å²) in [6.45, 7) is 5.40. The van der Waals surface area contributed by atoms with Crippen molar-refractivity contribution in [2.45, 2.75) is 20.0 Å². The number of rotatable bonds is 9. The van der Waals surface area contributed by atoms with Gasteiger partial charge in [0.1, 0.15) is 23.4 Å². The fourth-order valence-electron chi connectivity index (χ4n) is 4.88. The van der Waals surface area contributed by atoms with Crippen molar-refractivity contribution < 1.29 is 18.3 Å². The topological polar surface area (TPSA) is 102 Å². The first-order valence-corrected chi connectivity index (χ1v) is 14.5. The molecule has 38 heavy (non-hydrogen) atoms. The van der Waals surface area contributed by atoms with E-state index in [0.717, 1.165) is 28.0 Å². The minimum atomic E-state index is -3.07. The van der Waals surface area contributed by atoms with Crippen LogP contribution in [0.4, 0.5) is 5.82 Å². The van der Waals surface area contributed by atoms with Gasteiger partial charge in [-0.2, -0.15) is 5.10 Å². The Hall–Kier alpha value is -2.68. The lowest BCUT2D eigenvalue weighted by Crippen LogP contribution is -2.57. The molecular formula is C26H28Cl2N5O4P. The van der Waals surface area contributed by atoms with E-state index in [0.29, 0.717) is 40.6 Å². The Morgan fingerprint density at radius 1 is 1.11 bits per heavy atom. The van der Waals surface area contributed by atoms with Crippen molar-refractivity contribution in [2.24, 2.45) is 5.41 Å². The summed E-state index contributed by atoms with van der Waals surface area (Å²) in [7, 11) is -0.228. The monoisotopic (exact) mass is 575 g/mol. The van der Waals surface area contributed by atoms with Crippen molar-refractivity contribution in [2.75, 3.05) is 38.4 Å². The van der Waals surface area contributed by atoms with Crippen LogP contribution in [0.2, 0.25) is 10.0 Å². The van der Waals surface area contributed by atoms with Crippen molar-refractivity contribution in [3.8, 4) is 17.0 Å². The van der Waals surface area contributed by atoms with Crippen LogP contribution in [0, 0.1) is 5.41 Å². The summed E-state index contributed by atoms with van der Waals surface area (Å²) < 4.78 is 29.0. The van der Waals surface area contributed by atoms with E-state index < -0.39 is 7.60 Å². The molecule has 200 valence electrons. The average Bonchev–Trinajstić information content (AvgIpc) is 3.30. The summed E-state index contributed by atoms with van der Waals surface area (Å²) in [4.78, 5) is 10.8. The molecule has 0 unspecified atom stereocenters. The Labute approximate surface area is 231 Å². The van der Waals surface area contributed by atoms with Crippen LogP contribution in [0.5, 0.6) is 5.75 Å². The number of H-pyrrole nitrogens is 1. The van der Waals surface area contributed by atoms with Gasteiger partial charge in [-0.25, -0.2) is 4.98 Å². The zero-order chi connectivity index (χ0) is 27.1. The van der Waals surface area contributed by atoms with Gasteiger partial charge in [0, 0.05) is 67.8 Å².